The molecule has 100 valence electrons. The summed E-state index contributed by atoms with van der Waals surface area (Å²) in [6.45, 7) is 0. The molecule has 5 heteroatoms. The number of hydrogen-bond donors (Lipinski definition) is 0. The molecule has 0 saturated carbocycles. The molecule has 0 aliphatic rings. The first-order valence-electron chi connectivity index (χ1n) is 5.44. The van der Waals surface area contributed by atoms with Crippen molar-refractivity contribution < 1.29 is 4.74 Å². The van der Waals surface area contributed by atoms with Crippen molar-refractivity contribution in [2.24, 2.45) is 0 Å². The van der Waals surface area contributed by atoms with Crippen molar-refractivity contribution in [2.75, 3.05) is 7.11 Å². The van der Waals surface area contributed by atoms with E-state index < -0.39 is 0 Å². The van der Waals surface area contributed by atoms with Gasteiger partial charge in [-0.1, -0.05) is 45.2 Å². The number of rotatable bonds is 3. The lowest BCUT2D eigenvalue weighted by Gasteiger charge is -2.14. The summed E-state index contributed by atoms with van der Waals surface area (Å²) in [6.07, 6.45) is 0. The third kappa shape index (κ3) is 3.57. The zero-order valence-electron chi connectivity index (χ0n) is 9.96. The second-order valence-electron chi connectivity index (χ2n) is 3.95. The van der Waals surface area contributed by atoms with Crippen LogP contribution in [0.25, 0.3) is 0 Å². The first-order chi connectivity index (χ1) is 9.01. The molecule has 0 heterocycles. The Hall–Kier alpha value is -0.410. The van der Waals surface area contributed by atoms with Crippen LogP contribution in [-0.2, 0) is 0 Å². The fraction of sp³-hybridized carbons (Fsp3) is 0.143. The van der Waals surface area contributed by atoms with Gasteiger partial charge in [0.05, 0.1) is 12.5 Å². The predicted molar refractivity (Wildman–Crippen MR) is 84.9 cm³/mol. The average Bonchev–Trinajstić information content (AvgIpc) is 2.36. The van der Waals surface area contributed by atoms with E-state index in [9.17, 15) is 0 Å². The summed E-state index contributed by atoms with van der Waals surface area (Å²) in [7, 11) is 1.59. The van der Waals surface area contributed by atoms with Gasteiger partial charge in [-0.2, -0.15) is 0 Å². The molecule has 0 spiro atoms. The maximum absolute atomic E-state index is 6.47. The van der Waals surface area contributed by atoms with E-state index >= 15 is 0 Å². The molecule has 0 aliphatic heterocycles. The van der Waals surface area contributed by atoms with E-state index in [1.807, 2.05) is 30.3 Å². The molecule has 0 fully saturated rings. The summed E-state index contributed by atoms with van der Waals surface area (Å²) >= 11 is 22.1. The van der Waals surface area contributed by atoms with Gasteiger partial charge in [-0.25, -0.2) is 0 Å². The molecule has 1 nitrogen and oxygen atoms in total. The minimum Gasteiger partial charge on any atom is -0.497 e. The van der Waals surface area contributed by atoms with Crippen LogP contribution in [0.5, 0.6) is 5.75 Å². The molecule has 1 atom stereocenters. The Morgan fingerprint density at radius 1 is 1.11 bits per heavy atom. The third-order valence-electron chi connectivity index (χ3n) is 2.66. The molecular weight excluding hydrogens is 370 g/mol. The van der Waals surface area contributed by atoms with Crippen LogP contribution in [0.3, 0.4) is 0 Å². The van der Waals surface area contributed by atoms with Crippen LogP contribution in [0.2, 0.25) is 10.0 Å². The Morgan fingerprint density at radius 3 is 2.42 bits per heavy atom. The third-order valence-corrected chi connectivity index (χ3v) is 4.15. The summed E-state index contributed by atoms with van der Waals surface area (Å²) in [5, 5.41) is 0.823. The van der Waals surface area contributed by atoms with E-state index in [4.69, 9.17) is 39.5 Å². The van der Waals surface area contributed by atoms with Crippen molar-refractivity contribution in [2.45, 2.75) is 5.38 Å². The quantitative estimate of drug-likeness (QED) is 0.585. The second kappa shape index (κ2) is 6.36. The molecule has 19 heavy (non-hydrogen) atoms. The van der Waals surface area contributed by atoms with E-state index in [0.717, 1.165) is 15.6 Å². The van der Waals surface area contributed by atoms with Gasteiger partial charge in [0.2, 0.25) is 0 Å². The monoisotopic (exact) mass is 378 g/mol. The number of ether oxygens (including phenoxy) is 1. The summed E-state index contributed by atoms with van der Waals surface area (Å²) in [5.74, 6) is 0.699. The molecule has 0 amide bonds. The number of halogens is 4. The standard InChI is InChI=1S/C14H10BrCl3O/c1-19-11-2-3-12(13(17)7-11)14(18)8-4-9(15)6-10(16)5-8/h2-7,14H,1H3. The highest BCUT2D eigenvalue weighted by Gasteiger charge is 2.16. The van der Waals surface area contributed by atoms with E-state index in [2.05, 4.69) is 15.9 Å². The highest BCUT2D eigenvalue weighted by molar-refractivity contribution is 9.10. The van der Waals surface area contributed by atoms with Crippen molar-refractivity contribution in [1.29, 1.82) is 0 Å². The fourth-order valence-corrected chi connectivity index (χ4v) is 3.28. The van der Waals surface area contributed by atoms with Gasteiger partial charge in [0, 0.05) is 14.5 Å². The summed E-state index contributed by atoms with van der Waals surface area (Å²) in [5.41, 5.74) is 1.70. The largest absolute Gasteiger partial charge is 0.497 e. The Bertz CT molecular complexity index is 581. The molecule has 0 aliphatic carbocycles. The van der Waals surface area contributed by atoms with Gasteiger partial charge in [-0.15, -0.1) is 11.6 Å². The molecule has 0 bridgehead atoms. The van der Waals surface area contributed by atoms with Crippen LogP contribution in [0, 0.1) is 0 Å². The lowest BCUT2D eigenvalue weighted by atomic mass is 10.0. The van der Waals surface area contributed by atoms with Crippen LogP contribution < -0.4 is 4.74 Å². The summed E-state index contributed by atoms with van der Waals surface area (Å²) in [6, 6.07) is 11.0. The molecule has 1 unspecified atom stereocenters. The van der Waals surface area contributed by atoms with Crippen LogP contribution >= 0.6 is 50.7 Å². The molecule has 2 aromatic carbocycles. The van der Waals surface area contributed by atoms with E-state index in [0.29, 0.717) is 15.8 Å². The number of alkyl halides is 1. The fourth-order valence-electron chi connectivity index (χ4n) is 1.74. The summed E-state index contributed by atoms with van der Waals surface area (Å²) < 4.78 is 6.00. The van der Waals surface area contributed by atoms with Crippen molar-refractivity contribution >= 4 is 50.7 Å². The van der Waals surface area contributed by atoms with E-state index in [1.165, 1.54) is 0 Å². The first-order valence-corrected chi connectivity index (χ1v) is 7.43. The Morgan fingerprint density at radius 2 is 1.84 bits per heavy atom. The number of hydrogen-bond acceptors (Lipinski definition) is 1. The highest BCUT2D eigenvalue weighted by Crippen LogP contribution is 2.37. The van der Waals surface area contributed by atoms with Crippen LogP contribution in [0.4, 0.5) is 0 Å². The van der Waals surface area contributed by atoms with E-state index in [1.54, 1.807) is 13.2 Å². The lowest BCUT2D eigenvalue weighted by molar-refractivity contribution is 0.414. The molecule has 2 aromatic rings. The lowest BCUT2D eigenvalue weighted by Crippen LogP contribution is -1.95. The SMILES string of the molecule is COc1ccc(C(Cl)c2cc(Cl)cc(Br)c2)c(Cl)c1. The smallest absolute Gasteiger partial charge is 0.120 e. The maximum atomic E-state index is 6.47. The van der Waals surface area contributed by atoms with Crippen LogP contribution in [-0.4, -0.2) is 7.11 Å². The van der Waals surface area contributed by atoms with Gasteiger partial charge in [0.15, 0.2) is 0 Å². The minimum absolute atomic E-state index is 0.367. The van der Waals surface area contributed by atoms with Crippen molar-refractivity contribution in [3.05, 3.63) is 62.0 Å². The van der Waals surface area contributed by atoms with Gasteiger partial charge in [0.25, 0.3) is 0 Å². The molecule has 0 saturated heterocycles. The molecule has 0 aromatic heterocycles. The van der Waals surface area contributed by atoms with Gasteiger partial charge >= 0.3 is 0 Å². The van der Waals surface area contributed by atoms with Gasteiger partial charge in [0.1, 0.15) is 5.75 Å². The molecular formula is C14H10BrCl3O. The molecule has 2 rings (SSSR count). The topological polar surface area (TPSA) is 9.23 Å². The maximum Gasteiger partial charge on any atom is 0.120 e. The van der Waals surface area contributed by atoms with Gasteiger partial charge in [-0.05, 0) is 41.5 Å². The van der Waals surface area contributed by atoms with Crippen LogP contribution in [0.15, 0.2) is 40.9 Å². The van der Waals surface area contributed by atoms with Gasteiger partial charge < -0.3 is 4.74 Å². The van der Waals surface area contributed by atoms with Crippen molar-refractivity contribution in [3.8, 4) is 5.75 Å². The average molecular weight is 380 g/mol. The molecule has 0 N–H and O–H groups in total. The zero-order valence-corrected chi connectivity index (χ0v) is 13.8. The first kappa shape index (κ1) is 15.0. The van der Waals surface area contributed by atoms with E-state index in [-0.39, 0.29) is 5.38 Å². The Balaban J connectivity index is 2.40. The summed E-state index contributed by atoms with van der Waals surface area (Å²) in [4.78, 5) is 0. The molecule has 0 radical (unpaired) electrons. The normalized spacial score (nSPS) is 12.3. The van der Waals surface area contributed by atoms with Crippen molar-refractivity contribution in [3.63, 3.8) is 0 Å². The van der Waals surface area contributed by atoms with Crippen LogP contribution in [0.1, 0.15) is 16.5 Å². The minimum atomic E-state index is -0.367. The Kier molecular flexibility index (Phi) is 5.02. The zero-order chi connectivity index (χ0) is 14.0. The number of benzene rings is 2. The van der Waals surface area contributed by atoms with Crippen molar-refractivity contribution in [1.82, 2.24) is 0 Å². The Labute approximate surface area is 135 Å². The van der Waals surface area contributed by atoms with Gasteiger partial charge in [-0.3, -0.25) is 0 Å². The highest BCUT2D eigenvalue weighted by atomic mass is 79.9. The second-order valence-corrected chi connectivity index (χ2v) is 6.15. The number of methoxy groups -OCH3 is 1. The predicted octanol–water partition coefficient (Wildman–Crippen LogP) is 6.09.